The number of anilines is 1. The Morgan fingerprint density at radius 1 is 1.12 bits per heavy atom. The molecule has 0 spiro atoms. The van der Waals surface area contributed by atoms with Crippen LogP contribution in [-0.4, -0.2) is 17.1 Å². The maximum absolute atomic E-state index is 5.37. The third-order valence-electron chi connectivity index (χ3n) is 2.20. The van der Waals surface area contributed by atoms with E-state index in [-0.39, 0.29) is 0 Å². The number of ether oxygens (including phenoxy) is 1. The van der Waals surface area contributed by atoms with Gasteiger partial charge in [0, 0.05) is 18.0 Å². The van der Waals surface area contributed by atoms with E-state index in [1.165, 1.54) is 0 Å². The summed E-state index contributed by atoms with van der Waals surface area (Å²) in [5.74, 6) is 6.72. The Hall–Kier alpha value is -2.14. The zero-order valence-corrected chi connectivity index (χ0v) is 8.84. The molecule has 0 amide bonds. The molecular formula is C11H12N4O. The first-order valence-corrected chi connectivity index (χ1v) is 4.77. The molecule has 0 unspecified atom stereocenters. The average molecular weight is 216 g/mol. The predicted octanol–water partition coefficient (Wildman–Crippen LogP) is 1.44. The van der Waals surface area contributed by atoms with E-state index in [1.807, 2.05) is 24.3 Å². The molecule has 1 aromatic carbocycles. The lowest BCUT2D eigenvalue weighted by Crippen LogP contribution is -2.10. The topological polar surface area (TPSA) is 73.1 Å². The van der Waals surface area contributed by atoms with Crippen LogP contribution in [0.3, 0.4) is 0 Å². The predicted molar refractivity (Wildman–Crippen MR) is 61.8 cm³/mol. The molecular weight excluding hydrogens is 204 g/mol. The van der Waals surface area contributed by atoms with Crippen molar-refractivity contribution in [1.82, 2.24) is 9.97 Å². The van der Waals surface area contributed by atoms with E-state index in [2.05, 4.69) is 15.4 Å². The number of aromatic nitrogens is 2. The van der Waals surface area contributed by atoms with Gasteiger partial charge in [-0.05, 0) is 24.3 Å². The first-order valence-electron chi connectivity index (χ1n) is 4.77. The largest absolute Gasteiger partial charge is 0.497 e. The van der Waals surface area contributed by atoms with Gasteiger partial charge in [0.15, 0.2) is 5.82 Å². The maximum atomic E-state index is 5.37. The summed E-state index contributed by atoms with van der Waals surface area (Å²) < 4.78 is 5.09. The van der Waals surface area contributed by atoms with Gasteiger partial charge in [-0.3, -0.25) is 4.98 Å². The zero-order chi connectivity index (χ0) is 11.4. The van der Waals surface area contributed by atoms with E-state index in [4.69, 9.17) is 10.6 Å². The summed E-state index contributed by atoms with van der Waals surface area (Å²) in [6, 6.07) is 7.54. The molecule has 0 aliphatic rings. The van der Waals surface area contributed by atoms with Crippen molar-refractivity contribution < 1.29 is 4.74 Å². The van der Waals surface area contributed by atoms with Gasteiger partial charge in [-0.25, -0.2) is 10.8 Å². The van der Waals surface area contributed by atoms with Gasteiger partial charge in [-0.15, -0.1) is 0 Å². The summed E-state index contributed by atoms with van der Waals surface area (Å²) in [4.78, 5) is 8.32. The molecule has 2 rings (SSSR count). The summed E-state index contributed by atoms with van der Waals surface area (Å²) in [5, 5.41) is 0. The molecule has 0 aliphatic carbocycles. The minimum Gasteiger partial charge on any atom is -0.497 e. The standard InChI is InChI=1S/C11H12N4O/c1-16-9-4-2-8(3-5-9)10-11(15-12)14-7-6-13-10/h2-7H,12H2,1H3,(H,14,15). The van der Waals surface area contributed by atoms with Gasteiger partial charge < -0.3 is 10.2 Å². The second-order valence-electron chi connectivity index (χ2n) is 3.13. The zero-order valence-electron chi connectivity index (χ0n) is 8.84. The monoisotopic (exact) mass is 216 g/mol. The van der Waals surface area contributed by atoms with Crippen molar-refractivity contribution in [3.8, 4) is 17.0 Å². The summed E-state index contributed by atoms with van der Waals surface area (Å²) >= 11 is 0. The van der Waals surface area contributed by atoms with Crippen molar-refractivity contribution in [2.24, 2.45) is 5.84 Å². The van der Waals surface area contributed by atoms with Crippen molar-refractivity contribution in [2.75, 3.05) is 12.5 Å². The highest BCUT2D eigenvalue weighted by Gasteiger charge is 2.06. The van der Waals surface area contributed by atoms with Crippen LogP contribution in [0.1, 0.15) is 0 Å². The van der Waals surface area contributed by atoms with Crippen LogP contribution in [0.5, 0.6) is 5.75 Å². The van der Waals surface area contributed by atoms with E-state index in [0.717, 1.165) is 11.3 Å². The number of hydrazine groups is 1. The van der Waals surface area contributed by atoms with Gasteiger partial charge in [0.25, 0.3) is 0 Å². The van der Waals surface area contributed by atoms with Crippen molar-refractivity contribution >= 4 is 5.82 Å². The van der Waals surface area contributed by atoms with Gasteiger partial charge in [-0.1, -0.05) is 0 Å². The Labute approximate surface area is 93.3 Å². The van der Waals surface area contributed by atoms with E-state index < -0.39 is 0 Å². The summed E-state index contributed by atoms with van der Waals surface area (Å²) in [5.41, 5.74) is 4.17. The summed E-state index contributed by atoms with van der Waals surface area (Å²) in [6.07, 6.45) is 3.21. The van der Waals surface area contributed by atoms with Crippen LogP contribution in [0.25, 0.3) is 11.3 Å². The first kappa shape index (κ1) is 10.4. The maximum Gasteiger partial charge on any atom is 0.166 e. The number of rotatable bonds is 3. The van der Waals surface area contributed by atoms with E-state index in [0.29, 0.717) is 11.5 Å². The lowest BCUT2D eigenvalue weighted by Gasteiger charge is -2.06. The van der Waals surface area contributed by atoms with Crippen molar-refractivity contribution in [1.29, 1.82) is 0 Å². The molecule has 0 fully saturated rings. The highest BCUT2D eigenvalue weighted by Crippen LogP contribution is 2.24. The second-order valence-corrected chi connectivity index (χ2v) is 3.13. The quantitative estimate of drug-likeness (QED) is 0.600. The fourth-order valence-electron chi connectivity index (χ4n) is 1.40. The minimum atomic E-state index is 0.549. The molecule has 5 nitrogen and oxygen atoms in total. The van der Waals surface area contributed by atoms with E-state index >= 15 is 0 Å². The molecule has 0 radical (unpaired) electrons. The second kappa shape index (κ2) is 4.59. The molecule has 0 atom stereocenters. The number of nitrogens with one attached hydrogen (secondary N) is 1. The summed E-state index contributed by atoms with van der Waals surface area (Å²) in [7, 11) is 1.63. The third-order valence-corrected chi connectivity index (χ3v) is 2.20. The highest BCUT2D eigenvalue weighted by atomic mass is 16.5. The molecule has 1 aromatic heterocycles. The summed E-state index contributed by atoms with van der Waals surface area (Å²) in [6.45, 7) is 0. The molecule has 16 heavy (non-hydrogen) atoms. The molecule has 0 saturated heterocycles. The lowest BCUT2D eigenvalue weighted by molar-refractivity contribution is 0.415. The number of hydrogen-bond donors (Lipinski definition) is 2. The van der Waals surface area contributed by atoms with Gasteiger partial charge in [0.05, 0.1) is 7.11 Å². The van der Waals surface area contributed by atoms with Gasteiger partial charge in [0.2, 0.25) is 0 Å². The fraction of sp³-hybridized carbons (Fsp3) is 0.0909. The van der Waals surface area contributed by atoms with Crippen molar-refractivity contribution in [3.63, 3.8) is 0 Å². The first-order chi connectivity index (χ1) is 7.85. The minimum absolute atomic E-state index is 0.549. The molecule has 3 N–H and O–H groups in total. The van der Waals surface area contributed by atoms with Crippen LogP contribution < -0.4 is 16.0 Å². The molecule has 0 bridgehead atoms. The van der Waals surface area contributed by atoms with Crippen LogP contribution in [0, 0.1) is 0 Å². The highest BCUT2D eigenvalue weighted by molar-refractivity contribution is 5.71. The Bertz CT molecular complexity index is 470. The Morgan fingerprint density at radius 2 is 1.81 bits per heavy atom. The van der Waals surface area contributed by atoms with Crippen molar-refractivity contribution in [2.45, 2.75) is 0 Å². The van der Waals surface area contributed by atoms with Crippen LogP contribution >= 0.6 is 0 Å². The van der Waals surface area contributed by atoms with E-state index in [9.17, 15) is 0 Å². The van der Waals surface area contributed by atoms with Gasteiger partial charge in [-0.2, -0.15) is 0 Å². The smallest absolute Gasteiger partial charge is 0.166 e. The number of benzene rings is 1. The molecule has 1 heterocycles. The fourth-order valence-corrected chi connectivity index (χ4v) is 1.40. The van der Waals surface area contributed by atoms with Crippen LogP contribution in [0.2, 0.25) is 0 Å². The SMILES string of the molecule is COc1ccc(-c2nccnc2NN)cc1. The van der Waals surface area contributed by atoms with Gasteiger partial charge >= 0.3 is 0 Å². The Morgan fingerprint density at radius 3 is 2.44 bits per heavy atom. The van der Waals surface area contributed by atoms with Crippen LogP contribution in [0.15, 0.2) is 36.7 Å². The number of nitrogens with zero attached hydrogens (tertiary/aromatic N) is 2. The third kappa shape index (κ3) is 1.94. The lowest BCUT2D eigenvalue weighted by atomic mass is 10.1. The number of nitrogens with two attached hydrogens (primary N) is 1. The Kier molecular flexibility index (Phi) is 2.98. The molecule has 0 aliphatic heterocycles. The van der Waals surface area contributed by atoms with Crippen molar-refractivity contribution in [3.05, 3.63) is 36.7 Å². The average Bonchev–Trinajstić information content (AvgIpc) is 2.39. The number of nitrogen functional groups attached to an aromatic ring is 1. The van der Waals surface area contributed by atoms with Crippen LogP contribution in [-0.2, 0) is 0 Å². The molecule has 82 valence electrons. The number of methoxy groups -OCH3 is 1. The molecule has 0 saturated carbocycles. The molecule has 2 aromatic rings. The Balaban J connectivity index is 2.42. The van der Waals surface area contributed by atoms with E-state index in [1.54, 1.807) is 19.5 Å². The number of hydrogen-bond acceptors (Lipinski definition) is 5. The normalized spacial score (nSPS) is 9.88. The van der Waals surface area contributed by atoms with Crippen LogP contribution in [0.4, 0.5) is 5.82 Å². The molecule has 5 heteroatoms. The van der Waals surface area contributed by atoms with Gasteiger partial charge in [0.1, 0.15) is 11.4 Å².